The van der Waals surface area contributed by atoms with Crippen LogP contribution in [0.4, 0.5) is 4.39 Å². The summed E-state index contributed by atoms with van der Waals surface area (Å²) in [5.74, 6) is -0.117. The maximum Gasteiger partial charge on any atom is 0.123 e. The molecule has 2 aromatic carbocycles. The normalized spacial score (nSPS) is 15.5. The molecular formula is C15H15FSi. The third-order valence-electron chi connectivity index (χ3n) is 3.79. The van der Waals surface area contributed by atoms with Crippen molar-refractivity contribution < 1.29 is 4.39 Å². The van der Waals surface area contributed by atoms with Crippen LogP contribution in [0.15, 0.2) is 36.4 Å². The predicted molar refractivity (Wildman–Crippen MR) is 73.3 cm³/mol. The molecule has 0 saturated heterocycles. The lowest BCUT2D eigenvalue weighted by atomic mass is 10.0. The molecule has 0 amide bonds. The highest BCUT2D eigenvalue weighted by molar-refractivity contribution is 7.03. The van der Waals surface area contributed by atoms with Gasteiger partial charge in [-0.05, 0) is 40.6 Å². The number of fused-ring (bicyclic) bond motifs is 3. The van der Waals surface area contributed by atoms with E-state index in [4.69, 9.17) is 0 Å². The Morgan fingerprint density at radius 3 is 2.41 bits per heavy atom. The van der Waals surface area contributed by atoms with Crippen LogP contribution < -0.4 is 10.4 Å². The Hall–Kier alpha value is -1.41. The first-order valence-electron chi connectivity index (χ1n) is 5.92. The smallest absolute Gasteiger partial charge is 0.123 e. The predicted octanol–water partition coefficient (Wildman–Crippen LogP) is 2.94. The lowest BCUT2D eigenvalue weighted by molar-refractivity contribution is 0.629. The molecule has 0 aromatic heterocycles. The van der Waals surface area contributed by atoms with Crippen molar-refractivity contribution in [3.05, 3.63) is 47.8 Å². The van der Waals surface area contributed by atoms with Gasteiger partial charge in [0.15, 0.2) is 0 Å². The summed E-state index contributed by atoms with van der Waals surface area (Å²) in [5, 5.41) is 2.67. The molecule has 1 aliphatic heterocycles. The number of hydrogen-bond acceptors (Lipinski definition) is 0. The molecule has 0 aliphatic carbocycles. The highest BCUT2D eigenvalue weighted by Crippen LogP contribution is 2.28. The number of halogens is 1. The van der Waals surface area contributed by atoms with Crippen LogP contribution in [-0.4, -0.2) is 8.07 Å². The fourth-order valence-electron chi connectivity index (χ4n) is 2.84. The Morgan fingerprint density at radius 1 is 0.882 bits per heavy atom. The third-order valence-corrected chi connectivity index (χ3v) is 7.34. The highest BCUT2D eigenvalue weighted by Gasteiger charge is 2.37. The number of rotatable bonds is 0. The monoisotopic (exact) mass is 242 g/mol. The molecule has 86 valence electrons. The topological polar surface area (TPSA) is 0 Å². The maximum absolute atomic E-state index is 13.4. The Kier molecular flexibility index (Phi) is 2.08. The average molecular weight is 242 g/mol. The second kappa shape index (κ2) is 3.30. The first kappa shape index (κ1) is 10.7. The van der Waals surface area contributed by atoms with Crippen LogP contribution in [-0.2, 0) is 0 Å². The van der Waals surface area contributed by atoms with Crippen molar-refractivity contribution in [3.8, 4) is 11.1 Å². The van der Waals surface area contributed by atoms with Crippen molar-refractivity contribution in [2.24, 2.45) is 0 Å². The lowest BCUT2D eigenvalue weighted by Gasteiger charge is -2.18. The molecule has 0 radical (unpaired) electrons. The quantitative estimate of drug-likeness (QED) is 0.623. The lowest BCUT2D eigenvalue weighted by Crippen LogP contribution is -2.49. The Balaban J connectivity index is 2.38. The first-order chi connectivity index (χ1) is 8.00. The van der Waals surface area contributed by atoms with E-state index in [0.717, 1.165) is 0 Å². The van der Waals surface area contributed by atoms with E-state index in [9.17, 15) is 4.39 Å². The fraction of sp³-hybridized carbons (Fsp3) is 0.200. The molecule has 0 atom stereocenters. The maximum atomic E-state index is 13.4. The SMILES string of the molecule is Cc1ccc2c(c1)-c1ccc(F)cc1[Si]2(C)C. The molecule has 0 nitrogen and oxygen atoms in total. The van der Waals surface area contributed by atoms with Gasteiger partial charge >= 0.3 is 0 Å². The van der Waals surface area contributed by atoms with Crippen LogP contribution in [0.1, 0.15) is 5.56 Å². The molecule has 0 spiro atoms. The number of aryl methyl sites for hydroxylation is 1. The molecule has 2 heteroatoms. The molecule has 2 aromatic rings. The van der Waals surface area contributed by atoms with Crippen LogP contribution in [0.25, 0.3) is 11.1 Å². The summed E-state index contributed by atoms with van der Waals surface area (Å²) in [6.07, 6.45) is 0. The number of benzene rings is 2. The largest absolute Gasteiger partial charge is 0.207 e. The van der Waals surface area contributed by atoms with Crippen LogP contribution in [0.2, 0.25) is 13.1 Å². The zero-order chi connectivity index (χ0) is 12.2. The Bertz CT molecular complexity index is 614. The summed E-state index contributed by atoms with van der Waals surface area (Å²) in [6.45, 7) is 6.70. The van der Waals surface area contributed by atoms with Gasteiger partial charge in [-0.3, -0.25) is 0 Å². The van der Waals surface area contributed by atoms with Gasteiger partial charge in [0.1, 0.15) is 13.9 Å². The van der Waals surface area contributed by atoms with Crippen LogP contribution in [0.3, 0.4) is 0 Å². The van der Waals surface area contributed by atoms with E-state index in [0.29, 0.717) is 0 Å². The van der Waals surface area contributed by atoms with Crippen LogP contribution in [0.5, 0.6) is 0 Å². The van der Waals surface area contributed by atoms with Gasteiger partial charge in [-0.15, -0.1) is 0 Å². The minimum Gasteiger partial charge on any atom is -0.207 e. The van der Waals surface area contributed by atoms with Gasteiger partial charge in [0, 0.05) is 0 Å². The summed E-state index contributed by atoms with van der Waals surface area (Å²) in [7, 11) is -1.68. The van der Waals surface area contributed by atoms with Crippen molar-refractivity contribution in [2.45, 2.75) is 20.0 Å². The molecule has 0 unspecified atom stereocenters. The van der Waals surface area contributed by atoms with Gasteiger partial charge in [0.05, 0.1) is 0 Å². The van der Waals surface area contributed by atoms with Gasteiger partial charge in [0.25, 0.3) is 0 Å². The molecular weight excluding hydrogens is 227 g/mol. The minimum absolute atomic E-state index is 0.117. The third kappa shape index (κ3) is 1.40. The van der Waals surface area contributed by atoms with Crippen LogP contribution >= 0.6 is 0 Å². The molecule has 0 fully saturated rings. The number of hydrogen-bond donors (Lipinski definition) is 0. The van der Waals surface area contributed by atoms with Gasteiger partial charge in [-0.2, -0.15) is 0 Å². The van der Waals surface area contributed by atoms with Crippen molar-refractivity contribution in [1.29, 1.82) is 0 Å². The van der Waals surface area contributed by atoms with E-state index in [2.05, 4.69) is 38.2 Å². The molecule has 3 rings (SSSR count). The standard InChI is InChI=1S/C15H15FSi/c1-10-4-7-14-13(8-10)12-6-5-11(16)9-15(12)17(14,2)3/h4-9H,1-3H3. The summed E-state index contributed by atoms with van der Waals surface area (Å²) >= 11 is 0. The zero-order valence-corrected chi connectivity index (χ0v) is 11.3. The van der Waals surface area contributed by atoms with Crippen molar-refractivity contribution in [3.63, 3.8) is 0 Å². The highest BCUT2D eigenvalue weighted by atomic mass is 28.3. The van der Waals surface area contributed by atoms with Gasteiger partial charge in [0.2, 0.25) is 0 Å². The molecule has 1 heterocycles. The van der Waals surface area contributed by atoms with Crippen molar-refractivity contribution in [2.75, 3.05) is 0 Å². The van der Waals surface area contributed by atoms with Crippen molar-refractivity contribution in [1.82, 2.24) is 0 Å². The summed E-state index contributed by atoms with van der Waals surface area (Å²) in [4.78, 5) is 0. The van der Waals surface area contributed by atoms with Crippen LogP contribution in [0, 0.1) is 12.7 Å². The Morgan fingerprint density at radius 2 is 1.65 bits per heavy atom. The van der Waals surface area contributed by atoms with E-state index in [1.807, 2.05) is 6.07 Å². The molecule has 17 heavy (non-hydrogen) atoms. The van der Waals surface area contributed by atoms with Crippen molar-refractivity contribution >= 4 is 18.4 Å². The Labute approximate surface area is 102 Å². The van der Waals surface area contributed by atoms with Gasteiger partial charge in [-0.25, -0.2) is 4.39 Å². The van der Waals surface area contributed by atoms with Gasteiger partial charge in [-0.1, -0.05) is 42.9 Å². The molecule has 0 bridgehead atoms. The van der Waals surface area contributed by atoms with E-state index >= 15 is 0 Å². The van der Waals surface area contributed by atoms with Gasteiger partial charge < -0.3 is 0 Å². The first-order valence-corrected chi connectivity index (χ1v) is 8.92. The summed E-state index contributed by atoms with van der Waals surface area (Å²) < 4.78 is 13.4. The second-order valence-electron chi connectivity index (χ2n) is 5.36. The second-order valence-corrected chi connectivity index (χ2v) is 9.69. The molecule has 0 N–H and O–H groups in total. The average Bonchev–Trinajstić information content (AvgIpc) is 2.48. The fourth-order valence-corrected chi connectivity index (χ4v) is 5.90. The van der Waals surface area contributed by atoms with E-state index < -0.39 is 8.07 Å². The minimum atomic E-state index is -1.68. The van der Waals surface area contributed by atoms with E-state index in [1.165, 1.54) is 27.1 Å². The zero-order valence-electron chi connectivity index (χ0n) is 10.3. The van der Waals surface area contributed by atoms with E-state index in [1.54, 1.807) is 12.1 Å². The summed E-state index contributed by atoms with van der Waals surface area (Å²) in [5.41, 5.74) is 3.82. The van der Waals surface area contributed by atoms with E-state index in [-0.39, 0.29) is 5.82 Å². The molecule has 0 saturated carbocycles. The molecule has 1 aliphatic rings. The summed E-state index contributed by atoms with van der Waals surface area (Å²) in [6, 6.07) is 11.9.